The molecule has 1 fully saturated rings. The van der Waals surface area contributed by atoms with E-state index in [1.807, 2.05) is 0 Å². The maximum Gasteiger partial charge on any atom is 0.289 e. The lowest BCUT2D eigenvalue weighted by Gasteiger charge is -2.26. The van der Waals surface area contributed by atoms with Crippen LogP contribution in [0.3, 0.4) is 0 Å². The molecule has 10 nitrogen and oxygen atoms in total. The third-order valence-corrected chi connectivity index (χ3v) is 6.36. The molecule has 1 atom stereocenters. The minimum atomic E-state index is -3.17. The van der Waals surface area contributed by atoms with E-state index in [9.17, 15) is 28.6 Å². The van der Waals surface area contributed by atoms with Crippen molar-refractivity contribution in [2.75, 3.05) is 37.1 Å². The van der Waals surface area contributed by atoms with Crippen LogP contribution in [0, 0.1) is 21.4 Å². The van der Waals surface area contributed by atoms with Crippen molar-refractivity contribution >= 4 is 38.7 Å². The summed E-state index contributed by atoms with van der Waals surface area (Å²) in [5.74, 6) is -0.818. The molecule has 1 aromatic carbocycles. The van der Waals surface area contributed by atoms with Gasteiger partial charge in [0.15, 0.2) is 9.84 Å². The van der Waals surface area contributed by atoms with Crippen molar-refractivity contribution < 1.29 is 22.9 Å². The van der Waals surface area contributed by atoms with E-state index in [1.54, 1.807) is 11.0 Å². The number of anilines is 1. The highest BCUT2D eigenvalue weighted by Crippen LogP contribution is 2.27. The lowest BCUT2D eigenvalue weighted by molar-refractivity contribution is -0.384. The zero-order valence-corrected chi connectivity index (χ0v) is 17.1. The van der Waals surface area contributed by atoms with Gasteiger partial charge in [0.25, 0.3) is 11.6 Å². The number of nitro benzene ring substituents is 1. The van der Waals surface area contributed by atoms with Gasteiger partial charge in [0.1, 0.15) is 16.7 Å². The van der Waals surface area contributed by atoms with E-state index in [0.717, 1.165) is 6.07 Å². The fourth-order valence-electron chi connectivity index (χ4n) is 2.82. The number of nitrogens with one attached hydrogen (secondary N) is 1. The summed E-state index contributed by atoms with van der Waals surface area (Å²) in [5, 5.41) is 22.7. The summed E-state index contributed by atoms with van der Waals surface area (Å²) in [6.45, 7) is 0.568. The van der Waals surface area contributed by atoms with Gasteiger partial charge in [-0.25, -0.2) is 8.42 Å². The Balaban J connectivity index is 2.23. The van der Waals surface area contributed by atoms with Gasteiger partial charge in [0, 0.05) is 37.7 Å². The Bertz CT molecular complexity index is 973. The molecule has 0 bridgehead atoms. The number of ether oxygens (including phenoxy) is 1. The summed E-state index contributed by atoms with van der Waals surface area (Å²) in [6.07, 6.45) is 1.68. The van der Waals surface area contributed by atoms with Gasteiger partial charge in [-0.05, 0) is 18.6 Å². The van der Waals surface area contributed by atoms with E-state index < -0.39 is 20.7 Å². The molecule has 0 saturated carbocycles. The first kappa shape index (κ1) is 22.6. The van der Waals surface area contributed by atoms with Crippen LogP contribution in [0.5, 0.6) is 0 Å². The molecule has 0 aromatic heterocycles. The van der Waals surface area contributed by atoms with Crippen molar-refractivity contribution in [3.05, 3.63) is 45.1 Å². The highest BCUT2D eigenvalue weighted by atomic mass is 35.5. The van der Waals surface area contributed by atoms with Crippen LogP contribution in [0.25, 0.3) is 0 Å². The molecule has 1 saturated heterocycles. The molecule has 1 aliphatic heterocycles. The monoisotopic (exact) mass is 442 g/mol. The molecule has 12 heteroatoms. The highest BCUT2D eigenvalue weighted by Gasteiger charge is 2.31. The van der Waals surface area contributed by atoms with E-state index in [1.165, 1.54) is 25.4 Å². The van der Waals surface area contributed by atoms with Crippen LogP contribution in [0.4, 0.5) is 11.4 Å². The number of amides is 1. The Kier molecular flexibility index (Phi) is 7.55. The Morgan fingerprint density at radius 3 is 2.83 bits per heavy atom. The largest absolute Gasteiger partial charge is 0.383 e. The predicted octanol–water partition coefficient (Wildman–Crippen LogP) is 1.73. The molecule has 1 N–H and O–H groups in total. The minimum absolute atomic E-state index is 0.0392. The Morgan fingerprint density at radius 1 is 1.55 bits per heavy atom. The van der Waals surface area contributed by atoms with E-state index in [4.69, 9.17) is 16.3 Å². The van der Waals surface area contributed by atoms with Crippen LogP contribution in [-0.2, 0) is 19.4 Å². The van der Waals surface area contributed by atoms with E-state index >= 15 is 0 Å². The molecule has 1 aliphatic rings. The van der Waals surface area contributed by atoms with E-state index in [0.29, 0.717) is 13.0 Å². The van der Waals surface area contributed by atoms with Crippen molar-refractivity contribution in [3.8, 4) is 6.07 Å². The summed E-state index contributed by atoms with van der Waals surface area (Å²) in [5.41, 5.74) is -0.563. The zero-order valence-electron chi connectivity index (χ0n) is 15.5. The average molecular weight is 443 g/mol. The van der Waals surface area contributed by atoms with Gasteiger partial charge < -0.3 is 15.0 Å². The van der Waals surface area contributed by atoms with Crippen LogP contribution >= 0.6 is 11.6 Å². The zero-order chi connectivity index (χ0) is 21.6. The van der Waals surface area contributed by atoms with Crippen LogP contribution < -0.4 is 5.32 Å². The van der Waals surface area contributed by atoms with Crippen LogP contribution in [-0.4, -0.2) is 62.0 Å². The maximum atomic E-state index is 12.5. The average Bonchev–Trinajstić information content (AvgIpc) is 3.03. The normalized spacial score (nSPS) is 18.1. The number of hydrogen-bond acceptors (Lipinski definition) is 8. The van der Waals surface area contributed by atoms with Crippen molar-refractivity contribution in [2.45, 2.75) is 12.5 Å². The number of carbonyl (C=O) groups is 1. The summed E-state index contributed by atoms with van der Waals surface area (Å²) in [6, 6.07) is 5.12. The van der Waals surface area contributed by atoms with Crippen LogP contribution in [0.2, 0.25) is 5.02 Å². The standard InChI is InChI=1S/C17H19ClN4O6S/c1-28-6-5-21(14-4-7-29(26,27)11-14)10-12(9-19)17(23)20-13-2-3-15(18)16(8-13)22(24)25/h2-3,8,10,14H,4-7,11H2,1H3,(H,20,23)/b12-10-. The van der Waals surface area contributed by atoms with Crippen molar-refractivity contribution in [3.63, 3.8) is 0 Å². The molecule has 0 aliphatic carbocycles. The third-order valence-electron chi connectivity index (χ3n) is 4.29. The number of nitro groups is 1. The summed E-state index contributed by atoms with van der Waals surface area (Å²) in [7, 11) is -1.68. The molecule has 29 heavy (non-hydrogen) atoms. The Hall–Kier alpha value is -2.68. The fraction of sp³-hybridized carbons (Fsp3) is 0.412. The van der Waals surface area contributed by atoms with Crippen LogP contribution in [0.1, 0.15) is 6.42 Å². The molecule has 0 spiro atoms. The number of rotatable bonds is 8. The molecule has 1 aromatic rings. The van der Waals surface area contributed by atoms with Crippen LogP contribution in [0.15, 0.2) is 30.0 Å². The first-order chi connectivity index (χ1) is 13.7. The minimum Gasteiger partial charge on any atom is -0.383 e. The molecule has 0 radical (unpaired) electrons. The SMILES string of the molecule is COCCN(/C=C(/C#N)C(=O)Nc1ccc(Cl)c([N+](=O)[O-])c1)C1CCS(=O)(=O)C1. The number of hydrogen-bond donors (Lipinski definition) is 1. The number of halogens is 1. The molecule has 1 unspecified atom stereocenters. The summed E-state index contributed by atoms with van der Waals surface area (Å²) in [4.78, 5) is 24.4. The second-order valence-corrected chi connectivity index (χ2v) is 8.96. The Morgan fingerprint density at radius 2 is 2.28 bits per heavy atom. The van der Waals surface area contributed by atoms with E-state index in [2.05, 4.69) is 5.32 Å². The first-order valence-corrected chi connectivity index (χ1v) is 10.7. The number of carbonyl (C=O) groups excluding carboxylic acids is 1. The molecule has 2 rings (SSSR count). The van der Waals surface area contributed by atoms with Gasteiger partial charge in [0.05, 0.1) is 23.0 Å². The first-order valence-electron chi connectivity index (χ1n) is 8.49. The van der Waals surface area contributed by atoms with Gasteiger partial charge in [-0.15, -0.1) is 0 Å². The van der Waals surface area contributed by atoms with Crippen molar-refractivity contribution in [1.82, 2.24) is 4.90 Å². The molecular weight excluding hydrogens is 424 g/mol. The maximum absolute atomic E-state index is 12.5. The lowest BCUT2D eigenvalue weighted by Crippen LogP contribution is -2.35. The molecule has 1 amide bonds. The van der Waals surface area contributed by atoms with Crippen molar-refractivity contribution in [1.29, 1.82) is 5.26 Å². The van der Waals surface area contributed by atoms with E-state index in [-0.39, 0.29) is 46.1 Å². The summed E-state index contributed by atoms with van der Waals surface area (Å²) < 4.78 is 28.6. The van der Waals surface area contributed by atoms with Gasteiger partial charge in [-0.2, -0.15) is 5.26 Å². The lowest BCUT2D eigenvalue weighted by atomic mass is 10.2. The topological polar surface area (TPSA) is 143 Å². The molecule has 156 valence electrons. The Labute approximate surface area is 172 Å². The number of nitriles is 1. The quantitative estimate of drug-likeness (QED) is 0.277. The predicted molar refractivity (Wildman–Crippen MR) is 106 cm³/mol. The molecule has 1 heterocycles. The molecular formula is C17H19ClN4O6S. The second-order valence-electron chi connectivity index (χ2n) is 6.32. The smallest absolute Gasteiger partial charge is 0.289 e. The number of sulfone groups is 1. The van der Waals surface area contributed by atoms with Gasteiger partial charge in [-0.3, -0.25) is 14.9 Å². The second kappa shape index (κ2) is 9.69. The third kappa shape index (κ3) is 6.15. The highest BCUT2D eigenvalue weighted by molar-refractivity contribution is 7.91. The number of methoxy groups -OCH3 is 1. The van der Waals surface area contributed by atoms with Gasteiger partial charge in [0.2, 0.25) is 0 Å². The summed E-state index contributed by atoms with van der Waals surface area (Å²) >= 11 is 5.74. The number of nitrogens with zero attached hydrogens (tertiary/aromatic N) is 3. The van der Waals surface area contributed by atoms with Gasteiger partial charge in [-0.1, -0.05) is 11.6 Å². The van der Waals surface area contributed by atoms with Gasteiger partial charge >= 0.3 is 0 Å². The van der Waals surface area contributed by atoms with Crippen molar-refractivity contribution in [2.24, 2.45) is 0 Å². The number of benzene rings is 1. The fourth-order valence-corrected chi connectivity index (χ4v) is 4.75.